The van der Waals surface area contributed by atoms with Gasteiger partial charge in [-0.3, -0.25) is 14.5 Å². The molecular formula is C28H20F9NO2S4. The molecule has 0 fully saturated rings. The molecule has 0 atom stereocenters. The highest BCUT2D eigenvalue weighted by molar-refractivity contribution is 7.28. The number of hydrogen-bond acceptors (Lipinski definition) is 6. The third kappa shape index (κ3) is 6.35. The van der Waals surface area contributed by atoms with Crippen LogP contribution in [0.15, 0.2) is 42.5 Å². The van der Waals surface area contributed by atoms with E-state index < -0.39 is 41.7 Å². The molecule has 1 aliphatic rings. The van der Waals surface area contributed by atoms with Gasteiger partial charge in [-0.05, 0) is 48.9 Å². The van der Waals surface area contributed by atoms with E-state index in [1.807, 2.05) is 19.1 Å². The van der Waals surface area contributed by atoms with Gasteiger partial charge >= 0.3 is 12.1 Å². The van der Waals surface area contributed by atoms with Crippen LogP contribution in [0.5, 0.6) is 0 Å². The van der Waals surface area contributed by atoms with Gasteiger partial charge in [0, 0.05) is 35.8 Å². The van der Waals surface area contributed by atoms with E-state index in [9.17, 15) is 49.1 Å². The summed E-state index contributed by atoms with van der Waals surface area (Å²) < 4.78 is 120. The van der Waals surface area contributed by atoms with E-state index in [0.29, 0.717) is 39.6 Å². The standard InChI is InChI=1S/C28H20F9NO2S4/c1-2-3-10-38-23(39)14-11-20(44-22(14)24(38)40)19-7-6-16(42-19)15-4-5-17(41-15)18-8-9-21(43-18)26(31,32)12-25(29,30)13-27(33,34)28(35,36)37/h4-9,11H,2-3,10,12-13H2,1H3. The summed E-state index contributed by atoms with van der Waals surface area (Å²) in [4.78, 5) is 30.1. The summed E-state index contributed by atoms with van der Waals surface area (Å²) >= 11 is 4.28. The predicted molar refractivity (Wildman–Crippen MR) is 154 cm³/mol. The maximum atomic E-state index is 14.6. The molecule has 236 valence electrons. The quantitative estimate of drug-likeness (QED) is 0.115. The average molecular weight is 702 g/mol. The highest BCUT2D eigenvalue weighted by atomic mass is 32.1. The Morgan fingerprint density at radius 3 is 1.70 bits per heavy atom. The molecule has 0 saturated carbocycles. The lowest BCUT2D eigenvalue weighted by atomic mass is 10.0. The van der Waals surface area contributed by atoms with Crippen LogP contribution in [0, 0.1) is 0 Å². The second-order valence-corrected chi connectivity index (χ2v) is 14.4. The summed E-state index contributed by atoms with van der Waals surface area (Å²) in [6.07, 6.45) is -10.3. The summed E-state index contributed by atoms with van der Waals surface area (Å²) in [7, 11) is 0. The lowest BCUT2D eigenvalue weighted by Crippen LogP contribution is -2.43. The fourth-order valence-electron chi connectivity index (χ4n) is 4.48. The van der Waals surface area contributed by atoms with Gasteiger partial charge in [-0.1, -0.05) is 13.3 Å². The normalized spacial score (nSPS) is 14.6. The highest BCUT2D eigenvalue weighted by Gasteiger charge is 2.63. The first-order chi connectivity index (χ1) is 20.4. The van der Waals surface area contributed by atoms with Crippen LogP contribution >= 0.6 is 45.3 Å². The molecule has 4 aromatic heterocycles. The maximum absolute atomic E-state index is 14.6. The first-order valence-corrected chi connectivity index (χ1v) is 16.2. The lowest BCUT2D eigenvalue weighted by molar-refractivity contribution is -0.304. The zero-order valence-electron chi connectivity index (χ0n) is 22.4. The van der Waals surface area contributed by atoms with Crippen molar-refractivity contribution in [2.45, 2.75) is 56.6 Å². The Hall–Kier alpha value is -2.69. The van der Waals surface area contributed by atoms with Crippen LogP contribution in [0.3, 0.4) is 0 Å². The number of amides is 2. The molecule has 4 aromatic rings. The van der Waals surface area contributed by atoms with Gasteiger partial charge in [-0.25, -0.2) is 17.6 Å². The molecule has 0 unspecified atom stereocenters. The van der Waals surface area contributed by atoms with Gasteiger partial charge in [-0.15, -0.1) is 45.3 Å². The number of fused-ring (bicyclic) bond motifs is 1. The number of thiophene rings is 4. The molecule has 0 N–H and O–H groups in total. The van der Waals surface area contributed by atoms with Crippen LogP contribution < -0.4 is 0 Å². The highest BCUT2D eigenvalue weighted by Crippen LogP contribution is 2.50. The second kappa shape index (κ2) is 11.6. The Balaban J connectivity index is 1.29. The third-order valence-corrected chi connectivity index (χ3v) is 11.7. The first kappa shape index (κ1) is 32.7. The van der Waals surface area contributed by atoms with Crippen LogP contribution in [0.4, 0.5) is 39.5 Å². The smallest absolute Gasteiger partial charge is 0.274 e. The molecule has 5 heterocycles. The van der Waals surface area contributed by atoms with E-state index in [1.54, 1.807) is 18.2 Å². The van der Waals surface area contributed by atoms with E-state index in [0.717, 1.165) is 32.0 Å². The van der Waals surface area contributed by atoms with Crippen LogP contribution in [-0.4, -0.2) is 41.3 Å². The SMILES string of the molecule is CCCCN1C(=O)c2cc(-c3ccc(-c4ccc(-c5ccc(C(F)(F)CC(F)(F)CC(F)(F)C(F)(F)F)s5)s4)s3)sc2C1=O. The van der Waals surface area contributed by atoms with Gasteiger partial charge in [-0.2, -0.15) is 22.0 Å². The van der Waals surface area contributed by atoms with Crippen molar-refractivity contribution in [3.05, 3.63) is 57.8 Å². The molecule has 3 nitrogen and oxygen atoms in total. The van der Waals surface area contributed by atoms with E-state index in [4.69, 9.17) is 0 Å². The van der Waals surface area contributed by atoms with Crippen LogP contribution in [0.25, 0.3) is 29.3 Å². The van der Waals surface area contributed by atoms with Crippen molar-refractivity contribution in [3.63, 3.8) is 0 Å². The number of carbonyl (C=O) groups excluding carboxylic acids is 2. The van der Waals surface area contributed by atoms with Crippen molar-refractivity contribution in [1.29, 1.82) is 0 Å². The van der Waals surface area contributed by atoms with E-state index in [1.165, 1.54) is 45.0 Å². The van der Waals surface area contributed by atoms with Gasteiger partial charge < -0.3 is 0 Å². The fraction of sp³-hybridized carbons (Fsp3) is 0.357. The van der Waals surface area contributed by atoms with Crippen molar-refractivity contribution >= 4 is 57.2 Å². The van der Waals surface area contributed by atoms with Crippen molar-refractivity contribution in [2.75, 3.05) is 6.54 Å². The molecule has 0 aromatic carbocycles. The van der Waals surface area contributed by atoms with E-state index in [2.05, 4.69) is 0 Å². The van der Waals surface area contributed by atoms with E-state index >= 15 is 0 Å². The molecule has 1 aliphatic heterocycles. The van der Waals surface area contributed by atoms with Crippen LogP contribution in [0.2, 0.25) is 0 Å². The number of hydrogen-bond donors (Lipinski definition) is 0. The summed E-state index contributed by atoms with van der Waals surface area (Å²) in [6, 6.07) is 10.8. The van der Waals surface area contributed by atoms with E-state index in [-0.39, 0.29) is 16.7 Å². The Bertz CT molecular complexity index is 1660. The molecule has 0 saturated heterocycles. The number of alkyl halides is 9. The summed E-state index contributed by atoms with van der Waals surface area (Å²) in [5.41, 5.74) is 0.372. The van der Waals surface area contributed by atoms with Gasteiger partial charge in [0.1, 0.15) is 4.88 Å². The summed E-state index contributed by atoms with van der Waals surface area (Å²) in [5, 5.41) is 0. The topological polar surface area (TPSA) is 37.4 Å². The van der Waals surface area contributed by atoms with Crippen LogP contribution in [0.1, 0.15) is 57.5 Å². The molecular weight excluding hydrogens is 682 g/mol. The minimum absolute atomic E-state index is 0.274. The van der Waals surface area contributed by atoms with Gasteiger partial charge in [0.2, 0.25) is 0 Å². The van der Waals surface area contributed by atoms with Gasteiger partial charge in [0.05, 0.1) is 23.3 Å². The molecule has 0 bridgehead atoms. The van der Waals surface area contributed by atoms with Crippen LogP contribution in [-0.2, 0) is 5.92 Å². The largest absolute Gasteiger partial charge is 0.453 e. The number of nitrogens with zero attached hydrogens (tertiary/aromatic N) is 1. The molecule has 44 heavy (non-hydrogen) atoms. The monoisotopic (exact) mass is 701 g/mol. The second-order valence-electron chi connectivity index (χ2n) is 10.1. The Labute approximate surface area is 260 Å². The van der Waals surface area contributed by atoms with Crippen molar-refractivity contribution in [1.82, 2.24) is 4.90 Å². The molecule has 16 heteroatoms. The predicted octanol–water partition coefficient (Wildman–Crippen LogP) is 11.0. The zero-order chi connectivity index (χ0) is 32.2. The summed E-state index contributed by atoms with van der Waals surface area (Å²) in [6.45, 7) is 2.33. The molecule has 0 aliphatic carbocycles. The first-order valence-electron chi connectivity index (χ1n) is 12.9. The van der Waals surface area contributed by atoms with Gasteiger partial charge in [0.25, 0.3) is 23.7 Å². The fourth-order valence-corrected chi connectivity index (χ4v) is 8.83. The molecule has 5 rings (SSSR count). The van der Waals surface area contributed by atoms with Crippen molar-refractivity contribution in [3.8, 4) is 29.3 Å². The number of imide groups is 1. The van der Waals surface area contributed by atoms with Crippen molar-refractivity contribution < 1.29 is 49.1 Å². The zero-order valence-corrected chi connectivity index (χ0v) is 25.6. The maximum Gasteiger partial charge on any atom is 0.453 e. The Morgan fingerprint density at radius 1 is 0.659 bits per heavy atom. The third-order valence-electron chi connectivity index (χ3n) is 6.67. The minimum atomic E-state index is -6.29. The average Bonchev–Trinajstić information content (AvgIpc) is 3.71. The number of halogens is 9. The lowest BCUT2D eigenvalue weighted by Gasteiger charge is -2.27. The number of carbonyl (C=O) groups is 2. The van der Waals surface area contributed by atoms with Crippen molar-refractivity contribution in [2.24, 2.45) is 0 Å². The number of rotatable bonds is 11. The number of unbranched alkanes of at least 4 members (excludes halogenated alkanes) is 1. The Kier molecular flexibility index (Phi) is 8.61. The van der Waals surface area contributed by atoms with Gasteiger partial charge in [0.15, 0.2) is 0 Å². The minimum Gasteiger partial charge on any atom is -0.274 e. The molecule has 0 radical (unpaired) electrons. The summed E-state index contributed by atoms with van der Waals surface area (Å²) in [5.74, 6) is -15.8. The molecule has 2 amide bonds. The Morgan fingerprint density at radius 2 is 1.18 bits per heavy atom. The molecule has 0 spiro atoms.